The minimum absolute atomic E-state index is 0.0160. The van der Waals surface area contributed by atoms with Crippen molar-refractivity contribution in [1.82, 2.24) is 9.97 Å². The molecule has 3 rings (SSSR count). The number of aliphatic hydroxyl groups is 1. The highest BCUT2D eigenvalue weighted by Crippen LogP contribution is 2.38. The fourth-order valence-electron chi connectivity index (χ4n) is 2.53. The molecular formula is C20H20FN3O4. The molecule has 0 radical (unpaired) electrons. The van der Waals surface area contributed by atoms with E-state index in [2.05, 4.69) is 9.97 Å². The molecule has 0 unspecified atom stereocenters. The van der Waals surface area contributed by atoms with E-state index in [4.69, 9.17) is 25.1 Å². The first-order chi connectivity index (χ1) is 13.6. The highest BCUT2D eigenvalue weighted by molar-refractivity contribution is 5.56. The van der Waals surface area contributed by atoms with Gasteiger partial charge >= 0.3 is 0 Å². The number of rotatable bonds is 8. The average molecular weight is 385 g/mol. The average Bonchev–Trinajstić information content (AvgIpc) is 2.70. The van der Waals surface area contributed by atoms with E-state index in [1.807, 2.05) is 0 Å². The monoisotopic (exact) mass is 385 g/mol. The molecule has 0 atom stereocenters. The summed E-state index contributed by atoms with van der Waals surface area (Å²) in [6, 6.07) is 13.3. The molecule has 3 N–H and O–H groups in total. The minimum Gasteiger partial charge on any atom is -0.493 e. The van der Waals surface area contributed by atoms with Gasteiger partial charge in [0.05, 0.1) is 13.7 Å². The maximum atomic E-state index is 13.9. The van der Waals surface area contributed by atoms with Crippen molar-refractivity contribution in [2.24, 2.45) is 0 Å². The lowest BCUT2D eigenvalue weighted by Gasteiger charge is -2.15. The van der Waals surface area contributed by atoms with Crippen LogP contribution in [-0.4, -0.2) is 35.4 Å². The summed E-state index contributed by atoms with van der Waals surface area (Å²) in [5.74, 6) is 0.968. The summed E-state index contributed by atoms with van der Waals surface area (Å²) < 4.78 is 30.5. The van der Waals surface area contributed by atoms with Gasteiger partial charge in [-0.2, -0.15) is 4.98 Å². The summed E-state index contributed by atoms with van der Waals surface area (Å²) >= 11 is 0. The molecule has 7 nitrogen and oxygen atoms in total. The number of benzene rings is 2. The van der Waals surface area contributed by atoms with Crippen LogP contribution in [0, 0.1) is 5.82 Å². The summed E-state index contributed by atoms with van der Waals surface area (Å²) in [6.45, 7) is -0.238. The molecule has 0 aliphatic rings. The van der Waals surface area contributed by atoms with Gasteiger partial charge in [-0.25, -0.2) is 9.37 Å². The highest BCUT2D eigenvalue weighted by atomic mass is 19.1. The zero-order valence-corrected chi connectivity index (χ0v) is 15.3. The van der Waals surface area contributed by atoms with Crippen LogP contribution >= 0.6 is 0 Å². The van der Waals surface area contributed by atoms with Crippen LogP contribution < -0.4 is 19.9 Å². The molecule has 0 aliphatic carbocycles. The summed E-state index contributed by atoms with van der Waals surface area (Å²) in [5, 5.41) is 9.09. The van der Waals surface area contributed by atoms with Crippen molar-refractivity contribution in [3.8, 4) is 23.1 Å². The number of aromatic nitrogens is 2. The van der Waals surface area contributed by atoms with Crippen LogP contribution in [0.5, 0.6) is 23.1 Å². The highest BCUT2D eigenvalue weighted by Gasteiger charge is 2.19. The van der Waals surface area contributed by atoms with E-state index in [0.717, 1.165) is 0 Å². The number of para-hydroxylation sites is 2. The van der Waals surface area contributed by atoms with Crippen molar-refractivity contribution < 1.29 is 23.7 Å². The Balaban J connectivity index is 1.96. The van der Waals surface area contributed by atoms with Gasteiger partial charge in [0.25, 0.3) is 5.88 Å². The normalized spacial score (nSPS) is 10.5. The van der Waals surface area contributed by atoms with Gasteiger partial charge in [0.15, 0.2) is 17.3 Å². The van der Waals surface area contributed by atoms with Gasteiger partial charge in [-0.1, -0.05) is 30.3 Å². The van der Waals surface area contributed by atoms with Crippen LogP contribution in [0.4, 0.5) is 10.2 Å². The Hall–Kier alpha value is -3.39. The lowest BCUT2D eigenvalue weighted by Crippen LogP contribution is -2.10. The van der Waals surface area contributed by atoms with Gasteiger partial charge < -0.3 is 25.1 Å². The minimum atomic E-state index is -0.364. The van der Waals surface area contributed by atoms with Gasteiger partial charge in [-0.05, 0) is 23.8 Å². The first-order valence-corrected chi connectivity index (χ1v) is 8.56. The number of hydrogen-bond donors (Lipinski definition) is 2. The van der Waals surface area contributed by atoms with E-state index in [0.29, 0.717) is 17.1 Å². The summed E-state index contributed by atoms with van der Waals surface area (Å²) in [6.07, 6.45) is 0.126. The van der Waals surface area contributed by atoms with Crippen LogP contribution in [0.15, 0.2) is 48.5 Å². The number of nitrogens with two attached hydrogens (primary N) is 1. The number of hydrogen-bond acceptors (Lipinski definition) is 7. The number of aliphatic hydroxyl groups excluding tert-OH is 1. The Morgan fingerprint density at radius 1 is 1.04 bits per heavy atom. The Bertz CT molecular complexity index is 952. The maximum absolute atomic E-state index is 13.9. The number of anilines is 1. The maximum Gasteiger partial charge on any atom is 0.263 e. The van der Waals surface area contributed by atoms with E-state index < -0.39 is 0 Å². The van der Waals surface area contributed by atoms with Crippen LogP contribution in [0.2, 0.25) is 0 Å². The summed E-state index contributed by atoms with van der Waals surface area (Å²) in [7, 11) is 1.52. The largest absolute Gasteiger partial charge is 0.493 e. The van der Waals surface area contributed by atoms with Crippen molar-refractivity contribution >= 4 is 5.82 Å². The summed E-state index contributed by atoms with van der Waals surface area (Å²) in [4.78, 5) is 8.52. The second-order valence-corrected chi connectivity index (χ2v) is 5.75. The molecule has 0 aliphatic heterocycles. The third-order valence-corrected chi connectivity index (χ3v) is 3.82. The molecule has 8 heteroatoms. The second kappa shape index (κ2) is 9.01. The van der Waals surface area contributed by atoms with Crippen molar-refractivity contribution in [2.45, 2.75) is 6.42 Å². The molecule has 0 bridgehead atoms. The molecule has 0 spiro atoms. The third kappa shape index (κ3) is 4.47. The van der Waals surface area contributed by atoms with Crippen LogP contribution in [0.1, 0.15) is 11.4 Å². The van der Waals surface area contributed by atoms with Crippen LogP contribution in [0.25, 0.3) is 0 Å². The Labute approximate surface area is 161 Å². The molecule has 0 saturated heterocycles. The second-order valence-electron chi connectivity index (χ2n) is 5.75. The Morgan fingerprint density at radius 2 is 1.75 bits per heavy atom. The molecule has 146 valence electrons. The quantitative estimate of drug-likeness (QED) is 0.615. The fraction of sp³-hybridized carbons (Fsp3) is 0.200. The third-order valence-electron chi connectivity index (χ3n) is 3.82. The van der Waals surface area contributed by atoms with E-state index in [-0.39, 0.29) is 48.7 Å². The molecule has 2 aromatic carbocycles. The lowest BCUT2D eigenvalue weighted by atomic mass is 10.1. The number of halogens is 1. The molecule has 0 saturated carbocycles. The molecule has 0 fully saturated rings. The molecule has 0 amide bonds. The molecule has 3 aromatic rings. The predicted octanol–water partition coefficient (Wildman–Crippen LogP) is 2.96. The van der Waals surface area contributed by atoms with Gasteiger partial charge in [0.2, 0.25) is 5.75 Å². The fourth-order valence-corrected chi connectivity index (χ4v) is 2.53. The van der Waals surface area contributed by atoms with E-state index in [1.54, 1.807) is 42.5 Å². The van der Waals surface area contributed by atoms with E-state index in [1.165, 1.54) is 13.2 Å². The molecule has 1 aromatic heterocycles. The number of nitrogen functional groups attached to an aromatic ring is 1. The first-order valence-electron chi connectivity index (χ1n) is 8.56. The zero-order valence-electron chi connectivity index (χ0n) is 15.3. The molecule has 28 heavy (non-hydrogen) atoms. The van der Waals surface area contributed by atoms with Crippen molar-refractivity contribution in [2.75, 3.05) is 26.1 Å². The summed E-state index contributed by atoms with van der Waals surface area (Å²) in [5.41, 5.74) is 6.50. The van der Waals surface area contributed by atoms with Crippen LogP contribution in [-0.2, 0) is 6.42 Å². The van der Waals surface area contributed by atoms with Gasteiger partial charge in [0, 0.05) is 6.42 Å². The Morgan fingerprint density at radius 3 is 2.46 bits per heavy atom. The van der Waals surface area contributed by atoms with E-state index in [9.17, 15) is 4.39 Å². The number of nitrogens with zero attached hydrogens (tertiary/aromatic N) is 2. The standard InChI is InChI=1S/C20H20FN3O4/c1-26-15-8-4-5-9-16(15)28-18-19(22)23-17(24-20(18)27-11-10-25)12-13-6-2-3-7-14(13)21/h2-9,25H,10-12H2,1H3,(H2,22,23,24). The topological polar surface area (TPSA) is 99.7 Å². The molecular weight excluding hydrogens is 365 g/mol. The number of methoxy groups -OCH3 is 1. The van der Waals surface area contributed by atoms with Crippen LogP contribution in [0.3, 0.4) is 0 Å². The van der Waals surface area contributed by atoms with Crippen molar-refractivity contribution in [3.05, 3.63) is 65.7 Å². The first kappa shape index (κ1) is 19.4. The van der Waals surface area contributed by atoms with Gasteiger partial charge in [0.1, 0.15) is 18.2 Å². The van der Waals surface area contributed by atoms with Crippen molar-refractivity contribution in [1.29, 1.82) is 0 Å². The lowest BCUT2D eigenvalue weighted by molar-refractivity contribution is 0.192. The number of ether oxygens (including phenoxy) is 3. The smallest absolute Gasteiger partial charge is 0.263 e. The zero-order chi connectivity index (χ0) is 19.9. The van der Waals surface area contributed by atoms with Gasteiger partial charge in [-0.15, -0.1) is 0 Å². The van der Waals surface area contributed by atoms with Gasteiger partial charge in [-0.3, -0.25) is 0 Å². The molecule has 1 heterocycles. The van der Waals surface area contributed by atoms with E-state index >= 15 is 0 Å². The predicted molar refractivity (Wildman–Crippen MR) is 101 cm³/mol. The Kier molecular flexibility index (Phi) is 6.23. The van der Waals surface area contributed by atoms with Crippen molar-refractivity contribution in [3.63, 3.8) is 0 Å². The SMILES string of the molecule is COc1ccccc1Oc1c(N)nc(Cc2ccccc2F)nc1OCCO.